The molecule has 82 valence electrons. The summed E-state index contributed by atoms with van der Waals surface area (Å²) in [6, 6.07) is -0.355. The highest BCUT2D eigenvalue weighted by Crippen LogP contribution is 2.17. The molecule has 0 aromatic heterocycles. The summed E-state index contributed by atoms with van der Waals surface area (Å²) in [5, 5.41) is 2.08. The Morgan fingerprint density at radius 3 is 2.71 bits per heavy atom. The third-order valence-corrected chi connectivity index (χ3v) is 2.26. The summed E-state index contributed by atoms with van der Waals surface area (Å²) in [7, 11) is 0. The first-order valence-corrected chi connectivity index (χ1v) is 4.71. The van der Waals surface area contributed by atoms with E-state index < -0.39 is 18.3 Å². The van der Waals surface area contributed by atoms with E-state index in [-0.39, 0.29) is 18.0 Å². The van der Waals surface area contributed by atoms with E-state index in [1.807, 2.05) is 0 Å². The zero-order valence-corrected chi connectivity index (χ0v) is 8.48. The molecule has 2 unspecified atom stereocenters. The molecule has 0 aromatic carbocycles. The van der Waals surface area contributed by atoms with E-state index in [1.54, 1.807) is 0 Å². The summed E-state index contributed by atoms with van der Waals surface area (Å²) in [6.07, 6.45) is -0.812. The molecule has 1 heterocycles. The Balaban J connectivity index is 2.33. The summed E-state index contributed by atoms with van der Waals surface area (Å²) < 4.78 is 29.8. The van der Waals surface area contributed by atoms with Gasteiger partial charge in [0.15, 0.2) is 0 Å². The van der Waals surface area contributed by atoms with Crippen molar-refractivity contribution in [1.29, 1.82) is 0 Å². The molecule has 0 radical (unpaired) electrons. The lowest BCUT2D eigenvalue weighted by molar-refractivity contribution is -0.128. The number of hydrogen-bond acceptors (Lipinski definition) is 2. The van der Waals surface area contributed by atoms with Gasteiger partial charge in [-0.1, -0.05) is 0 Å². The molecule has 1 saturated heterocycles. The Morgan fingerprint density at radius 2 is 2.29 bits per heavy atom. The van der Waals surface area contributed by atoms with Gasteiger partial charge in [0, 0.05) is 0 Å². The fourth-order valence-electron chi connectivity index (χ4n) is 1.20. The number of carbonyl (C=O) groups is 1. The monoisotopic (exact) mass is 227 g/mol. The van der Waals surface area contributed by atoms with Crippen LogP contribution in [0.25, 0.3) is 0 Å². The molecule has 0 spiro atoms. The molecular weight excluding hydrogens is 216 g/mol. The molecule has 6 heteroatoms. The van der Waals surface area contributed by atoms with Crippen LogP contribution >= 0.6 is 11.6 Å². The predicted molar refractivity (Wildman–Crippen MR) is 47.6 cm³/mol. The van der Waals surface area contributed by atoms with Gasteiger partial charge in [-0.05, 0) is 6.92 Å². The predicted octanol–water partition coefficient (Wildman–Crippen LogP) is 1.15. The van der Waals surface area contributed by atoms with E-state index in [1.165, 1.54) is 0 Å². The maximum atomic E-state index is 12.4. The fraction of sp³-hybridized carbons (Fsp3) is 0.875. The van der Waals surface area contributed by atoms with Crippen LogP contribution in [-0.4, -0.2) is 36.5 Å². The van der Waals surface area contributed by atoms with Crippen LogP contribution in [0.4, 0.5) is 8.78 Å². The second-order valence-electron chi connectivity index (χ2n) is 3.47. The quantitative estimate of drug-likeness (QED) is 0.735. The number of rotatable bonds is 3. The van der Waals surface area contributed by atoms with Gasteiger partial charge in [-0.2, -0.15) is 0 Å². The summed E-state index contributed by atoms with van der Waals surface area (Å²) in [4.78, 5) is 11.1. The zero-order valence-electron chi connectivity index (χ0n) is 7.73. The minimum atomic E-state index is -2.98. The molecule has 2 atom stereocenters. The van der Waals surface area contributed by atoms with Crippen molar-refractivity contribution in [2.45, 2.75) is 30.7 Å². The molecule has 1 aliphatic rings. The molecule has 0 aromatic rings. The van der Waals surface area contributed by atoms with Gasteiger partial charge in [0.25, 0.3) is 5.92 Å². The molecule has 1 amide bonds. The molecule has 0 bridgehead atoms. The van der Waals surface area contributed by atoms with Gasteiger partial charge in [-0.25, -0.2) is 8.78 Å². The van der Waals surface area contributed by atoms with Gasteiger partial charge in [-0.3, -0.25) is 4.79 Å². The SMILES string of the molecule is CC(F)(F)CC(=O)NC1COCC1Cl. The van der Waals surface area contributed by atoms with Crippen LogP contribution in [-0.2, 0) is 9.53 Å². The highest BCUT2D eigenvalue weighted by Gasteiger charge is 2.31. The lowest BCUT2D eigenvalue weighted by Gasteiger charge is -2.15. The highest BCUT2D eigenvalue weighted by atomic mass is 35.5. The number of ether oxygens (including phenoxy) is 1. The van der Waals surface area contributed by atoms with Crippen LogP contribution in [0.3, 0.4) is 0 Å². The molecule has 14 heavy (non-hydrogen) atoms. The molecule has 0 aliphatic carbocycles. The Kier molecular flexibility index (Phi) is 3.66. The van der Waals surface area contributed by atoms with E-state index >= 15 is 0 Å². The number of alkyl halides is 3. The van der Waals surface area contributed by atoms with Crippen LogP contribution in [0.1, 0.15) is 13.3 Å². The molecule has 1 aliphatic heterocycles. The number of amides is 1. The average molecular weight is 228 g/mol. The molecule has 1 N–H and O–H groups in total. The summed E-state index contributed by atoms with van der Waals surface area (Å²) in [5.74, 6) is -3.68. The van der Waals surface area contributed by atoms with Crippen molar-refractivity contribution in [2.75, 3.05) is 13.2 Å². The largest absolute Gasteiger partial charge is 0.378 e. The zero-order chi connectivity index (χ0) is 10.8. The normalized spacial score (nSPS) is 27.7. The van der Waals surface area contributed by atoms with Crippen LogP contribution in [0.2, 0.25) is 0 Å². The first-order valence-electron chi connectivity index (χ1n) is 4.27. The minimum Gasteiger partial charge on any atom is -0.378 e. The van der Waals surface area contributed by atoms with E-state index in [4.69, 9.17) is 16.3 Å². The Hall–Kier alpha value is -0.420. The third kappa shape index (κ3) is 3.75. The van der Waals surface area contributed by atoms with E-state index in [9.17, 15) is 13.6 Å². The van der Waals surface area contributed by atoms with Crippen LogP contribution in [0, 0.1) is 0 Å². The van der Waals surface area contributed by atoms with Crippen molar-refractivity contribution in [2.24, 2.45) is 0 Å². The number of nitrogens with one attached hydrogen (secondary N) is 1. The number of carbonyl (C=O) groups excluding carboxylic acids is 1. The Labute approximate surface area is 85.7 Å². The Morgan fingerprint density at radius 1 is 1.64 bits per heavy atom. The van der Waals surface area contributed by atoms with Crippen molar-refractivity contribution in [3.63, 3.8) is 0 Å². The van der Waals surface area contributed by atoms with Crippen molar-refractivity contribution in [3.8, 4) is 0 Å². The lowest BCUT2D eigenvalue weighted by atomic mass is 10.2. The van der Waals surface area contributed by atoms with Crippen LogP contribution < -0.4 is 5.32 Å². The van der Waals surface area contributed by atoms with E-state index in [0.29, 0.717) is 13.5 Å². The summed E-state index contributed by atoms with van der Waals surface area (Å²) >= 11 is 5.77. The summed E-state index contributed by atoms with van der Waals surface area (Å²) in [6.45, 7) is 1.33. The van der Waals surface area contributed by atoms with Crippen molar-refractivity contribution < 1.29 is 18.3 Å². The molecule has 3 nitrogen and oxygen atoms in total. The molecule has 0 saturated carbocycles. The van der Waals surface area contributed by atoms with Gasteiger partial charge in [0.2, 0.25) is 5.91 Å². The van der Waals surface area contributed by atoms with Crippen LogP contribution in [0.5, 0.6) is 0 Å². The first kappa shape index (κ1) is 11.7. The van der Waals surface area contributed by atoms with E-state index in [2.05, 4.69) is 5.32 Å². The number of halogens is 3. The smallest absolute Gasteiger partial charge is 0.254 e. The average Bonchev–Trinajstić information content (AvgIpc) is 2.32. The number of hydrogen-bond donors (Lipinski definition) is 1. The Bertz CT molecular complexity index is 220. The van der Waals surface area contributed by atoms with Crippen molar-refractivity contribution in [3.05, 3.63) is 0 Å². The molecule has 1 fully saturated rings. The summed E-state index contributed by atoms with van der Waals surface area (Å²) in [5.41, 5.74) is 0. The minimum absolute atomic E-state index is 0.287. The fourth-order valence-corrected chi connectivity index (χ4v) is 1.42. The topological polar surface area (TPSA) is 38.3 Å². The van der Waals surface area contributed by atoms with Gasteiger partial charge in [0.1, 0.15) is 0 Å². The standard InChI is InChI=1S/C8H12ClF2NO2/c1-8(10,11)2-7(13)12-6-4-14-3-5(6)9/h5-6H,2-4H2,1H3,(H,12,13). The molecular formula is C8H12ClF2NO2. The van der Waals surface area contributed by atoms with Crippen molar-refractivity contribution in [1.82, 2.24) is 5.32 Å². The van der Waals surface area contributed by atoms with Gasteiger partial charge in [-0.15, -0.1) is 11.6 Å². The van der Waals surface area contributed by atoms with E-state index in [0.717, 1.165) is 0 Å². The second-order valence-corrected chi connectivity index (χ2v) is 4.04. The van der Waals surface area contributed by atoms with Gasteiger partial charge >= 0.3 is 0 Å². The lowest BCUT2D eigenvalue weighted by Crippen LogP contribution is -2.42. The van der Waals surface area contributed by atoms with Crippen molar-refractivity contribution >= 4 is 17.5 Å². The maximum Gasteiger partial charge on any atom is 0.254 e. The highest BCUT2D eigenvalue weighted by molar-refractivity contribution is 6.21. The van der Waals surface area contributed by atoms with Crippen LogP contribution in [0.15, 0.2) is 0 Å². The van der Waals surface area contributed by atoms with Gasteiger partial charge in [0.05, 0.1) is 31.1 Å². The van der Waals surface area contributed by atoms with Gasteiger partial charge < -0.3 is 10.1 Å². The first-order chi connectivity index (χ1) is 6.38. The molecule has 1 rings (SSSR count). The maximum absolute atomic E-state index is 12.4. The third-order valence-electron chi connectivity index (χ3n) is 1.83. The second kappa shape index (κ2) is 4.40.